The number of ether oxygens (including phenoxy) is 1. The van der Waals surface area contributed by atoms with E-state index in [0.29, 0.717) is 13.0 Å². The van der Waals surface area contributed by atoms with Crippen LogP contribution in [0.15, 0.2) is 18.2 Å². The van der Waals surface area contributed by atoms with Gasteiger partial charge in [-0.05, 0) is 78.5 Å². The lowest BCUT2D eigenvalue weighted by atomic mass is 10.1. The van der Waals surface area contributed by atoms with E-state index >= 15 is 0 Å². The molecule has 1 atom stereocenters. The van der Waals surface area contributed by atoms with Gasteiger partial charge in [0.2, 0.25) is 5.91 Å². The lowest BCUT2D eigenvalue weighted by Crippen LogP contribution is -2.39. The monoisotopic (exact) mass is 385 g/mol. The number of amides is 1. The molecule has 0 saturated carbocycles. The molecular weight excluding hydrogens is 365 g/mol. The fraction of sp³-hybridized carbons (Fsp3) is 0.562. The Kier molecular flexibility index (Phi) is 4.61. The molecule has 108 valence electrons. The minimum atomic E-state index is 0.206. The summed E-state index contributed by atoms with van der Waals surface area (Å²) >= 11 is 2.34. The molecule has 1 aromatic rings. The largest absolute Gasteiger partial charge is 0.376 e. The first-order valence-corrected chi connectivity index (χ1v) is 8.52. The molecule has 1 saturated heterocycles. The van der Waals surface area contributed by atoms with Crippen LogP contribution in [0.5, 0.6) is 0 Å². The van der Waals surface area contributed by atoms with Gasteiger partial charge in [-0.15, -0.1) is 0 Å². The molecule has 3 rings (SSSR count). The highest BCUT2D eigenvalue weighted by Crippen LogP contribution is 2.29. The quantitative estimate of drug-likeness (QED) is 0.729. The number of hydrogen-bond donors (Lipinski definition) is 0. The van der Waals surface area contributed by atoms with E-state index in [2.05, 4.69) is 40.8 Å². The molecule has 0 bridgehead atoms. The molecule has 0 N–H and O–H groups in total. The summed E-state index contributed by atoms with van der Waals surface area (Å²) in [5.41, 5.74) is 2.40. The minimum absolute atomic E-state index is 0.206. The summed E-state index contributed by atoms with van der Waals surface area (Å²) in [5.74, 6) is 0.249. The van der Waals surface area contributed by atoms with Crippen molar-refractivity contribution >= 4 is 34.2 Å². The van der Waals surface area contributed by atoms with Crippen LogP contribution in [0.25, 0.3) is 0 Å². The summed E-state index contributed by atoms with van der Waals surface area (Å²) in [6, 6.07) is 6.40. The fourth-order valence-electron chi connectivity index (χ4n) is 3.07. The molecule has 0 aliphatic carbocycles. The number of halogens is 1. The maximum absolute atomic E-state index is 12.4. The van der Waals surface area contributed by atoms with E-state index in [1.54, 1.807) is 0 Å². The first kappa shape index (κ1) is 14.3. The average Bonchev–Trinajstić information content (AvgIpc) is 2.60. The van der Waals surface area contributed by atoms with Gasteiger partial charge in [0.05, 0.1) is 12.6 Å². The molecule has 3 nitrogen and oxygen atoms in total. The van der Waals surface area contributed by atoms with E-state index in [9.17, 15) is 4.79 Å². The number of benzene rings is 1. The van der Waals surface area contributed by atoms with Crippen LogP contribution < -0.4 is 4.90 Å². The Morgan fingerprint density at radius 1 is 1.25 bits per heavy atom. The second-order valence-corrected chi connectivity index (χ2v) is 6.87. The predicted molar refractivity (Wildman–Crippen MR) is 88.0 cm³/mol. The van der Waals surface area contributed by atoms with Crippen LogP contribution in [0.4, 0.5) is 5.69 Å². The molecule has 1 aromatic carbocycles. The molecule has 1 unspecified atom stereocenters. The van der Waals surface area contributed by atoms with Gasteiger partial charge in [-0.2, -0.15) is 0 Å². The number of hydrogen-bond acceptors (Lipinski definition) is 2. The number of rotatable bonds is 2. The van der Waals surface area contributed by atoms with Gasteiger partial charge in [-0.1, -0.05) is 0 Å². The second-order valence-electron chi connectivity index (χ2n) is 5.62. The molecule has 0 radical (unpaired) electrons. The third-order valence-corrected chi connectivity index (χ3v) is 4.80. The number of aryl methyl sites for hydroxylation is 1. The summed E-state index contributed by atoms with van der Waals surface area (Å²) in [4.78, 5) is 14.4. The molecule has 0 spiro atoms. The number of carbonyl (C=O) groups excluding carboxylic acids is 1. The van der Waals surface area contributed by atoms with E-state index in [4.69, 9.17) is 4.74 Å². The Labute approximate surface area is 133 Å². The van der Waals surface area contributed by atoms with E-state index in [0.717, 1.165) is 38.0 Å². The number of nitrogens with zero attached hydrogens (tertiary/aromatic N) is 1. The molecule has 4 heteroatoms. The smallest absolute Gasteiger partial charge is 0.227 e. The topological polar surface area (TPSA) is 29.5 Å². The van der Waals surface area contributed by atoms with Crippen LogP contribution in [-0.4, -0.2) is 25.2 Å². The van der Waals surface area contributed by atoms with Crippen LogP contribution in [0.2, 0.25) is 0 Å². The number of anilines is 1. The van der Waals surface area contributed by atoms with E-state index in [-0.39, 0.29) is 12.0 Å². The summed E-state index contributed by atoms with van der Waals surface area (Å²) < 4.78 is 7.05. The van der Waals surface area contributed by atoms with Gasteiger partial charge < -0.3 is 9.64 Å². The second kappa shape index (κ2) is 6.43. The third kappa shape index (κ3) is 3.17. The normalized spacial score (nSPS) is 23.4. The first-order valence-electron chi connectivity index (χ1n) is 7.44. The lowest BCUT2D eigenvalue weighted by molar-refractivity contribution is -0.119. The summed E-state index contributed by atoms with van der Waals surface area (Å²) in [6.07, 6.45) is 6.25. The molecule has 1 amide bonds. The van der Waals surface area contributed by atoms with Crippen LogP contribution in [0.1, 0.15) is 37.7 Å². The van der Waals surface area contributed by atoms with E-state index in [1.807, 2.05) is 4.90 Å². The van der Waals surface area contributed by atoms with Crippen molar-refractivity contribution in [2.24, 2.45) is 0 Å². The van der Waals surface area contributed by atoms with Crippen molar-refractivity contribution in [3.05, 3.63) is 27.3 Å². The van der Waals surface area contributed by atoms with Crippen LogP contribution in [0, 0.1) is 3.57 Å². The Morgan fingerprint density at radius 2 is 2.15 bits per heavy atom. The standard InChI is InChI=1S/C16H20INO2/c17-13-7-8-15-12(10-13)4-3-6-16(19)18(15)11-14-5-1-2-9-20-14/h7-8,10,14H,1-6,9,11H2. The Hall–Kier alpha value is -0.620. The average molecular weight is 385 g/mol. The fourth-order valence-corrected chi connectivity index (χ4v) is 3.63. The van der Waals surface area contributed by atoms with Gasteiger partial charge in [-0.3, -0.25) is 4.79 Å². The number of carbonyl (C=O) groups is 1. The first-order chi connectivity index (χ1) is 9.74. The maximum Gasteiger partial charge on any atom is 0.227 e. The maximum atomic E-state index is 12.4. The highest BCUT2D eigenvalue weighted by Gasteiger charge is 2.26. The molecule has 2 aliphatic heterocycles. The zero-order chi connectivity index (χ0) is 13.9. The molecule has 0 aromatic heterocycles. The van der Waals surface area contributed by atoms with Gasteiger partial charge in [0, 0.05) is 22.3 Å². The van der Waals surface area contributed by atoms with Crippen molar-refractivity contribution in [1.82, 2.24) is 0 Å². The highest BCUT2D eigenvalue weighted by atomic mass is 127. The van der Waals surface area contributed by atoms with Crippen molar-refractivity contribution < 1.29 is 9.53 Å². The lowest BCUT2D eigenvalue weighted by Gasteiger charge is -2.30. The summed E-state index contributed by atoms with van der Waals surface area (Å²) in [5, 5.41) is 0. The van der Waals surface area contributed by atoms with Crippen molar-refractivity contribution in [3.63, 3.8) is 0 Å². The van der Waals surface area contributed by atoms with Gasteiger partial charge >= 0.3 is 0 Å². The van der Waals surface area contributed by atoms with Crippen molar-refractivity contribution in [1.29, 1.82) is 0 Å². The van der Waals surface area contributed by atoms with Crippen LogP contribution in [-0.2, 0) is 16.0 Å². The van der Waals surface area contributed by atoms with Crippen LogP contribution in [0.3, 0.4) is 0 Å². The zero-order valence-electron chi connectivity index (χ0n) is 11.6. The van der Waals surface area contributed by atoms with Gasteiger partial charge in [0.25, 0.3) is 0 Å². The van der Waals surface area contributed by atoms with Crippen LogP contribution >= 0.6 is 22.6 Å². The highest BCUT2D eigenvalue weighted by molar-refractivity contribution is 14.1. The Morgan fingerprint density at radius 3 is 2.95 bits per heavy atom. The molecule has 1 fully saturated rings. The molecule has 2 aliphatic rings. The molecule has 2 heterocycles. The predicted octanol–water partition coefficient (Wildman–Crippen LogP) is 3.53. The molecular formula is C16H20INO2. The summed E-state index contributed by atoms with van der Waals surface area (Å²) in [6.45, 7) is 1.55. The molecule has 20 heavy (non-hydrogen) atoms. The third-order valence-electron chi connectivity index (χ3n) is 4.13. The van der Waals surface area contributed by atoms with Crippen molar-refractivity contribution in [2.75, 3.05) is 18.1 Å². The van der Waals surface area contributed by atoms with Crippen molar-refractivity contribution in [2.45, 2.75) is 44.6 Å². The Balaban J connectivity index is 1.85. The zero-order valence-corrected chi connectivity index (χ0v) is 13.8. The Bertz CT molecular complexity index is 497. The van der Waals surface area contributed by atoms with E-state index in [1.165, 1.54) is 15.6 Å². The SMILES string of the molecule is O=C1CCCc2cc(I)ccc2N1CC1CCCCO1. The van der Waals surface area contributed by atoms with E-state index < -0.39 is 0 Å². The van der Waals surface area contributed by atoms with Crippen molar-refractivity contribution in [3.8, 4) is 0 Å². The summed E-state index contributed by atoms with van der Waals surface area (Å²) in [7, 11) is 0. The van der Waals surface area contributed by atoms with Gasteiger partial charge in [-0.25, -0.2) is 0 Å². The number of fused-ring (bicyclic) bond motifs is 1. The van der Waals surface area contributed by atoms with Gasteiger partial charge in [0.1, 0.15) is 0 Å². The van der Waals surface area contributed by atoms with Gasteiger partial charge in [0.15, 0.2) is 0 Å². The minimum Gasteiger partial charge on any atom is -0.376 e.